The predicted molar refractivity (Wildman–Crippen MR) is 1.37 cm³/mol. The fourth-order valence-corrected chi connectivity index (χ4v) is 0. The molecule has 0 saturated heterocycles. The molecule has 0 aliphatic heterocycles. The van der Waals surface area contributed by atoms with Crippen LogP contribution in [0.2, 0.25) is 0 Å². The van der Waals surface area contributed by atoms with E-state index in [-0.39, 0.29) is 56.6 Å². The molecule has 0 amide bonds. The van der Waals surface area contributed by atoms with Crippen LogP contribution in [0.4, 0.5) is 0 Å². The van der Waals surface area contributed by atoms with Crippen molar-refractivity contribution in [3.8, 4) is 0 Å². The Labute approximate surface area is 56.5 Å². The monoisotopic (exact) mass is 224 g/mol. The van der Waals surface area contributed by atoms with Crippen molar-refractivity contribution >= 4 is 0 Å². The van der Waals surface area contributed by atoms with Crippen LogP contribution in [0.1, 0.15) is 0 Å². The maximum Gasteiger partial charge on any atom is 4.00 e. The zero-order valence-electron chi connectivity index (χ0n) is 1.67. The molecule has 0 aromatic heterocycles. The molecule has 0 aliphatic carbocycles. The van der Waals surface area contributed by atoms with Crippen LogP contribution in [-0.4, -0.2) is 0 Å². The van der Waals surface area contributed by atoms with Gasteiger partial charge >= 0.3 is 45.7 Å². The topological polar surface area (TPSA) is 57.0 Å². The molecule has 0 spiro atoms. The van der Waals surface area contributed by atoms with Crippen molar-refractivity contribution in [2.45, 2.75) is 0 Å². The summed E-state index contributed by atoms with van der Waals surface area (Å²) in [7, 11) is 0. The van der Waals surface area contributed by atoms with Gasteiger partial charge in [0.1, 0.15) is 0 Å². The zero-order valence-corrected chi connectivity index (χ0v) is 5.87. The van der Waals surface area contributed by atoms with Crippen molar-refractivity contribution in [2.75, 3.05) is 0 Å². The summed E-state index contributed by atoms with van der Waals surface area (Å²) < 4.78 is 0. The van der Waals surface area contributed by atoms with E-state index < -0.39 is 0 Å². The first-order valence-electron chi connectivity index (χ1n) is 0. The summed E-state index contributed by atoms with van der Waals surface area (Å²) in [6.07, 6.45) is 0. The van der Waals surface area contributed by atoms with E-state index in [1.807, 2.05) is 0 Å². The fraction of sp³-hybridized carbons (Fsp3) is 0. The van der Waals surface area contributed by atoms with Crippen LogP contribution in [0.3, 0.4) is 0 Å². The molecule has 0 bridgehead atoms. The van der Waals surface area contributed by atoms with E-state index in [1.54, 1.807) is 0 Å². The summed E-state index contributed by atoms with van der Waals surface area (Å²) in [4.78, 5) is 0. The Hall–Kier alpha value is 1.43. The Kier molecular flexibility index (Phi) is 334. The van der Waals surface area contributed by atoms with Crippen LogP contribution in [0.25, 0.3) is 0 Å². The molecule has 0 aliphatic rings. The van der Waals surface area contributed by atoms with Gasteiger partial charge in [-0.1, -0.05) is 0 Å². The van der Waals surface area contributed by atoms with Crippen LogP contribution >= 0.6 is 0 Å². The molecule has 0 N–H and O–H groups in total. The van der Waals surface area contributed by atoms with Gasteiger partial charge in [0, 0.05) is 0 Å². The predicted octanol–water partition coefficient (Wildman–Crippen LogP) is -0.243. The van der Waals surface area contributed by atoms with Gasteiger partial charge in [-0.3, -0.25) is 0 Å². The Morgan fingerprint density at radius 2 is 0.750 bits per heavy atom. The van der Waals surface area contributed by atoms with Crippen LogP contribution in [-0.2, 0) is 56.6 Å². The Balaban J connectivity index is 0. The second kappa shape index (κ2) is 25.5. The number of hydrogen-bond acceptors (Lipinski definition) is 0. The van der Waals surface area contributed by atoms with Crippen molar-refractivity contribution in [1.29, 1.82) is 0 Å². The van der Waals surface area contributed by atoms with Gasteiger partial charge in [0.2, 0.25) is 0 Å². The molecule has 4 heavy (non-hydrogen) atoms. The molecule has 0 aromatic carbocycles. The van der Waals surface area contributed by atoms with Crippen molar-refractivity contribution in [3.63, 3.8) is 0 Å². The molecule has 1 radical (unpaired) electrons. The van der Waals surface area contributed by atoms with Crippen LogP contribution < -0.4 is 0 Å². The average Bonchev–Trinajstić information content (AvgIpc) is 0. The molecule has 4 heteroatoms. The van der Waals surface area contributed by atoms with E-state index >= 15 is 0 Å². The average molecular weight is 224 g/mol. The van der Waals surface area contributed by atoms with E-state index in [2.05, 4.69) is 0 Å². The molecular weight excluding hydrogens is 224 g/mol. The van der Waals surface area contributed by atoms with Gasteiger partial charge < -0.3 is 11.0 Å². The largest absolute Gasteiger partial charge is 4.00 e. The molecule has 0 aromatic rings. The Morgan fingerprint density at radius 1 is 0.750 bits per heavy atom. The SMILES string of the molecule is [O-2].[O-2].[Ru+3].[Zr+4]. The van der Waals surface area contributed by atoms with Gasteiger partial charge in [-0.15, -0.1) is 0 Å². The molecule has 0 unspecified atom stereocenters. The first kappa shape index (κ1) is 52.3. The van der Waals surface area contributed by atoms with Crippen molar-refractivity contribution < 1.29 is 56.6 Å². The van der Waals surface area contributed by atoms with Crippen molar-refractivity contribution in [3.05, 3.63) is 0 Å². The zero-order chi connectivity index (χ0) is 0. The molecular formula is O2RuZr+3. The van der Waals surface area contributed by atoms with E-state index in [9.17, 15) is 0 Å². The molecule has 2 nitrogen and oxygen atoms in total. The summed E-state index contributed by atoms with van der Waals surface area (Å²) in [6.45, 7) is 0. The first-order valence-corrected chi connectivity index (χ1v) is 0. The van der Waals surface area contributed by atoms with Gasteiger partial charge in [-0.05, 0) is 0 Å². The smallest absolute Gasteiger partial charge is 2.00 e. The van der Waals surface area contributed by atoms with Gasteiger partial charge in [0.25, 0.3) is 0 Å². The van der Waals surface area contributed by atoms with E-state index in [0.29, 0.717) is 0 Å². The van der Waals surface area contributed by atoms with E-state index in [1.165, 1.54) is 0 Å². The fourth-order valence-electron chi connectivity index (χ4n) is 0. The minimum Gasteiger partial charge on any atom is -2.00 e. The van der Waals surface area contributed by atoms with Crippen LogP contribution in [0.5, 0.6) is 0 Å². The summed E-state index contributed by atoms with van der Waals surface area (Å²) in [5.41, 5.74) is 0. The number of rotatable bonds is 0. The maximum absolute atomic E-state index is 0. The molecule has 21 valence electrons. The second-order valence-electron chi connectivity index (χ2n) is 0. The third-order valence-electron chi connectivity index (χ3n) is 0. The Morgan fingerprint density at radius 3 is 0.750 bits per heavy atom. The molecule has 0 saturated carbocycles. The van der Waals surface area contributed by atoms with Gasteiger partial charge in [-0.25, -0.2) is 0 Å². The van der Waals surface area contributed by atoms with Crippen molar-refractivity contribution in [2.24, 2.45) is 0 Å². The summed E-state index contributed by atoms with van der Waals surface area (Å²) in [6, 6.07) is 0. The first-order chi connectivity index (χ1) is 0. The second-order valence-corrected chi connectivity index (χ2v) is 0. The van der Waals surface area contributed by atoms with Gasteiger partial charge in [-0.2, -0.15) is 0 Å². The molecule has 0 rings (SSSR count). The van der Waals surface area contributed by atoms with Crippen molar-refractivity contribution in [1.82, 2.24) is 0 Å². The Bertz CT molecular complexity index is 6.00. The van der Waals surface area contributed by atoms with E-state index in [4.69, 9.17) is 0 Å². The van der Waals surface area contributed by atoms with Crippen LogP contribution in [0.15, 0.2) is 0 Å². The quantitative estimate of drug-likeness (QED) is 0.510. The molecule has 0 atom stereocenters. The standard InChI is InChI=1S/2O.Ru.Zr/q2*-2;+3;+4. The summed E-state index contributed by atoms with van der Waals surface area (Å²) in [5.74, 6) is 0. The van der Waals surface area contributed by atoms with E-state index in [0.717, 1.165) is 0 Å². The molecule has 0 fully saturated rings. The third kappa shape index (κ3) is 9.91. The number of hydrogen-bond donors (Lipinski definition) is 0. The molecule has 0 heterocycles. The minimum absolute atomic E-state index is 0. The summed E-state index contributed by atoms with van der Waals surface area (Å²) in [5, 5.41) is 0. The third-order valence-corrected chi connectivity index (χ3v) is 0. The normalized spacial score (nSPS) is 0. The summed E-state index contributed by atoms with van der Waals surface area (Å²) >= 11 is 0. The van der Waals surface area contributed by atoms with Crippen LogP contribution in [0, 0.1) is 0 Å². The maximum atomic E-state index is 0. The minimum atomic E-state index is 0. The van der Waals surface area contributed by atoms with Gasteiger partial charge in [0.15, 0.2) is 0 Å². The van der Waals surface area contributed by atoms with Gasteiger partial charge in [0.05, 0.1) is 0 Å².